The van der Waals surface area contributed by atoms with Gasteiger partial charge in [0, 0.05) is 19.1 Å². The molecule has 2 aliphatic heterocycles. The summed E-state index contributed by atoms with van der Waals surface area (Å²) >= 11 is 0. The quantitative estimate of drug-likeness (QED) is 0.899. The molecule has 1 N–H and O–H groups in total. The van der Waals surface area contributed by atoms with E-state index in [2.05, 4.69) is 5.32 Å². The van der Waals surface area contributed by atoms with E-state index in [1.54, 1.807) is 6.26 Å². The molecule has 3 heterocycles. The predicted octanol–water partition coefficient (Wildman–Crippen LogP) is 1.79. The van der Waals surface area contributed by atoms with Crippen molar-refractivity contribution in [2.45, 2.75) is 38.3 Å². The molecule has 5 heteroatoms. The standard InChI is InChI=1S/C16H24N2O3/c19-16(13-5-7-17-8-6-13)18(11-14-3-1-9-20-14)12-15-4-2-10-21-15/h1,3,9,13,15,17H,2,4-8,10-12H2. The zero-order chi connectivity index (χ0) is 14.5. The minimum atomic E-state index is 0.141. The van der Waals surface area contributed by atoms with Crippen LogP contribution in [0.3, 0.4) is 0 Å². The van der Waals surface area contributed by atoms with Crippen LogP contribution in [-0.2, 0) is 16.1 Å². The Kier molecular flexibility index (Phi) is 4.93. The number of rotatable bonds is 5. The number of piperidine rings is 1. The van der Waals surface area contributed by atoms with Gasteiger partial charge < -0.3 is 19.4 Å². The van der Waals surface area contributed by atoms with Crippen LogP contribution in [0.1, 0.15) is 31.4 Å². The Morgan fingerprint density at radius 3 is 2.86 bits per heavy atom. The van der Waals surface area contributed by atoms with Gasteiger partial charge in [0.05, 0.1) is 18.9 Å². The molecule has 5 nitrogen and oxygen atoms in total. The van der Waals surface area contributed by atoms with E-state index >= 15 is 0 Å². The second kappa shape index (κ2) is 7.09. The normalized spacial score (nSPS) is 23.3. The van der Waals surface area contributed by atoms with Gasteiger partial charge in [-0.25, -0.2) is 0 Å². The van der Waals surface area contributed by atoms with Gasteiger partial charge in [-0.1, -0.05) is 0 Å². The van der Waals surface area contributed by atoms with Gasteiger partial charge in [-0.3, -0.25) is 4.79 Å². The van der Waals surface area contributed by atoms with Gasteiger partial charge in [-0.15, -0.1) is 0 Å². The molecule has 0 aromatic carbocycles. The molecule has 116 valence electrons. The van der Waals surface area contributed by atoms with Crippen LogP contribution in [0, 0.1) is 5.92 Å². The third-order valence-corrected chi connectivity index (χ3v) is 4.37. The van der Waals surface area contributed by atoms with Crippen LogP contribution < -0.4 is 5.32 Å². The van der Waals surface area contributed by atoms with Crippen molar-refractivity contribution in [3.63, 3.8) is 0 Å². The first-order valence-corrected chi connectivity index (χ1v) is 7.96. The average molecular weight is 292 g/mol. The summed E-state index contributed by atoms with van der Waals surface area (Å²) in [5, 5.41) is 3.31. The zero-order valence-corrected chi connectivity index (χ0v) is 12.4. The second-order valence-corrected chi connectivity index (χ2v) is 5.96. The lowest BCUT2D eigenvalue weighted by molar-refractivity contribution is -0.139. The fourth-order valence-corrected chi connectivity index (χ4v) is 3.18. The van der Waals surface area contributed by atoms with Gasteiger partial charge in [0.15, 0.2) is 0 Å². The molecule has 3 rings (SSSR count). The molecule has 0 saturated carbocycles. The fraction of sp³-hybridized carbons (Fsp3) is 0.688. The molecule has 0 bridgehead atoms. The maximum Gasteiger partial charge on any atom is 0.226 e. The molecule has 1 aromatic heterocycles. The number of hydrogen-bond donors (Lipinski definition) is 1. The van der Waals surface area contributed by atoms with E-state index in [0.717, 1.165) is 51.1 Å². The number of nitrogens with zero attached hydrogens (tertiary/aromatic N) is 1. The maximum absolute atomic E-state index is 12.8. The van der Waals surface area contributed by atoms with Crippen molar-refractivity contribution in [2.24, 2.45) is 5.92 Å². The Morgan fingerprint density at radius 1 is 1.33 bits per heavy atom. The Bertz CT molecular complexity index is 434. The highest BCUT2D eigenvalue weighted by Gasteiger charge is 2.29. The highest BCUT2D eigenvalue weighted by molar-refractivity contribution is 5.79. The molecular weight excluding hydrogens is 268 g/mol. The smallest absolute Gasteiger partial charge is 0.226 e. The number of ether oxygens (including phenoxy) is 1. The summed E-state index contributed by atoms with van der Waals surface area (Å²) in [4.78, 5) is 14.7. The van der Waals surface area contributed by atoms with Gasteiger partial charge in [0.2, 0.25) is 5.91 Å². The molecule has 0 aliphatic carbocycles. The van der Waals surface area contributed by atoms with Crippen molar-refractivity contribution in [3.05, 3.63) is 24.2 Å². The average Bonchev–Trinajstić information content (AvgIpc) is 3.20. The lowest BCUT2D eigenvalue weighted by Gasteiger charge is -2.30. The van der Waals surface area contributed by atoms with Gasteiger partial charge in [-0.2, -0.15) is 0 Å². The first kappa shape index (κ1) is 14.6. The lowest BCUT2D eigenvalue weighted by Crippen LogP contribution is -2.43. The molecule has 0 spiro atoms. The second-order valence-electron chi connectivity index (χ2n) is 5.96. The Hall–Kier alpha value is -1.33. The van der Waals surface area contributed by atoms with Crippen LogP contribution in [0.5, 0.6) is 0 Å². The number of amides is 1. The Morgan fingerprint density at radius 2 is 2.19 bits per heavy atom. The van der Waals surface area contributed by atoms with Crippen molar-refractivity contribution >= 4 is 5.91 Å². The summed E-state index contributed by atoms with van der Waals surface area (Å²) in [6.45, 7) is 3.93. The molecule has 0 radical (unpaired) electrons. The number of carbonyl (C=O) groups is 1. The summed E-state index contributed by atoms with van der Waals surface area (Å²) in [5.74, 6) is 1.24. The summed E-state index contributed by atoms with van der Waals surface area (Å²) in [6.07, 6.45) is 5.85. The van der Waals surface area contributed by atoms with Gasteiger partial charge in [0.25, 0.3) is 0 Å². The van der Waals surface area contributed by atoms with Crippen LogP contribution >= 0.6 is 0 Å². The number of carbonyl (C=O) groups excluding carboxylic acids is 1. The van der Waals surface area contributed by atoms with E-state index in [4.69, 9.17) is 9.15 Å². The molecule has 21 heavy (non-hydrogen) atoms. The van der Waals surface area contributed by atoms with Crippen LogP contribution in [0.15, 0.2) is 22.8 Å². The highest BCUT2D eigenvalue weighted by Crippen LogP contribution is 2.20. The van der Waals surface area contributed by atoms with Gasteiger partial charge >= 0.3 is 0 Å². The van der Waals surface area contributed by atoms with Crippen LogP contribution in [0.4, 0.5) is 0 Å². The molecule has 1 aromatic rings. The van der Waals surface area contributed by atoms with E-state index in [9.17, 15) is 4.79 Å². The largest absolute Gasteiger partial charge is 0.467 e. The lowest BCUT2D eigenvalue weighted by atomic mass is 9.96. The SMILES string of the molecule is O=C(C1CCNCC1)N(Cc1ccco1)CC1CCCO1. The van der Waals surface area contributed by atoms with Gasteiger partial charge in [-0.05, 0) is 50.9 Å². The number of hydrogen-bond acceptors (Lipinski definition) is 4. The van der Waals surface area contributed by atoms with Gasteiger partial charge in [0.1, 0.15) is 5.76 Å². The van der Waals surface area contributed by atoms with Crippen molar-refractivity contribution in [1.29, 1.82) is 0 Å². The Labute approximate surface area is 125 Å². The van der Waals surface area contributed by atoms with E-state index in [1.807, 2.05) is 17.0 Å². The molecule has 1 atom stereocenters. The van der Waals surface area contributed by atoms with Crippen molar-refractivity contribution in [1.82, 2.24) is 10.2 Å². The van der Waals surface area contributed by atoms with Crippen LogP contribution in [-0.4, -0.2) is 43.2 Å². The monoisotopic (exact) mass is 292 g/mol. The third-order valence-electron chi connectivity index (χ3n) is 4.37. The summed E-state index contributed by atoms with van der Waals surface area (Å²) < 4.78 is 11.1. The van der Waals surface area contributed by atoms with E-state index in [-0.39, 0.29) is 17.9 Å². The third kappa shape index (κ3) is 3.86. The predicted molar refractivity (Wildman–Crippen MR) is 78.7 cm³/mol. The Balaban J connectivity index is 1.65. The van der Waals surface area contributed by atoms with E-state index in [0.29, 0.717) is 13.1 Å². The minimum Gasteiger partial charge on any atom is -0.467 e. The summed E-state index contributed by atoms with van der Waals surface area (Å²) in [6, 6.07) is 3.80. The number of nitrogens with one attached hydrogen (secondary N) is 1. The molecule has 2 aliphatic rings. The van der Waals surface area contributed by atoms with E-state index in [1.165, 1.54) is 0 Å². The molecule has 2 saturated heterocycles. The first-order chi connectivity index (χ1) is 10.3. The van der Waals surface area contributed by atoms with Crippen molar-refractivity contribution < 1.29 is 13.9 Å². The summed E-state index contributed by atoms with van der Waals surface area (Å²) in [5.41, 5.74) is 0. The number of furan rings is 1. The molecule has 1 amide bonds. The topological polar surface area (TPSA) is 54.7 Å². The van der Waals surface area contributed by atoms with Crippen molar-refractivity contribution in [3.8, 4) is 0 Å². The fourth-order valence-electron chi connectivity index (χ4n) is 3.18. The van der Waals surface area contributed by atoms with Crippen LogP contribution in [0.25, 0.3) is 0 Å². The summed E-state index contributed by atoms with van der Waals surface area (Å²) in [7, 11) is 0. The zero-order valence-electron chi connectivity index (χ0n) is 12.4. The highest BCUT2D eigenvalue weighted by atomic mass is 16.5. The minimum absolute atomic E-state index is 0.141. The van der Waals surface area contributed by atoms with Crippen molar-refractivity contribution in [2.75, 3.05) is 26.2 Å². The molecular formula is C16H24N2O3. The van der Waals surface area contributed by atoms with Crippen LogP contribution in [0.2, 0.25) is 0 Å². The molecule has 2 fully saturated rings. The van der Waals surface area contributed by atoms with E-state index < -0.39 is 0 Å². The molecule has 1 unspecified atom stereocenters. The maximum atomic E-state index is 12.8. The first-order valence-electron chi connectivity index (χ1n) is 7.96.